The van der Waals surface area contributed by atoms with E-state index in [9.17, 15) is 5.48 Å². The number of furan rings is 1. The number of imidazole rings is 1. The molecule has 6 heteroatoms. The summed E-state index contributed by atoms with van der Waals surface area (Å²) < 4.78 is 108. The maximum atomic E-state index is 9.23. The highest BCUT2D eigenvalue weighted by atomic mass is 16.5. The minimum absolute atomic E-state index is 0.0995. The van der Waals surface area contributed by atoms with Crippen LogP contribution in [0.25, 0.3) is 94.2 Å². The van der Waals surface area contributed by atoms with Gasteiger partial charge in [-0.3, -0.25) is 4.57 Å². The molecule has 0 saturated heterocycles. The summed E-state index contributed by atoms with van der Waals surface area (Å²) in [7, 11) is 0. The molecule has 8 aromatic carbocycles. The van der Waals surface area contributed by atoms with Crippen LogP contribution in [0.4, 0.5) is 0 Å². The van der Waals surface area contributed by atoms with Gasteiger partial charge < -0.3 is 9.15 Å². The van der Waals surface area contributed by atoms with E-state index in [0.717, 1.165) is 55.1 Å². The minimum Gasteiger partial charge on any atom is -0.457 e. The van der Waals surface area contributed by atoms with Gasteiger partial charge in [0.15, 0.2) is 11.0 Å². The Morgan fingerprint density at radius 1 is 0.642 bits per heavy atom. The smallest absolute Gasteiger partial charge is 0.255 e. The number of benzene rings is 8. The third-order valence-electron chi connectivity index (χ3n) is 12.6. The van der Waals surface area contributed by atoms with Crippen molar-refractivity contribution in [3.63, 3.8) is 0 Å². The molecule has 12 aromatic rings. The van der Waals surface area contributed by atoms with Crippen molar-refractivity contribution in [3.8, 4) is 50.9 Å². The average Bonchev–Trinajstić information content (AvgIpc) is 4.16. The quantitative estimate of drug-likeness (QED) is 0.143. The van der Waals surface area contributed by atoms with E-state index in [1.54, 1.807) is 23.0 Å². The van der Waals surface area contributed by atoms with Crippen molar-refractivity contribution in [3.05, 3.63) is 211 Å². The first kappa shape index (κ1) is 30.8. The lowest BCUT2D eigenvalue weighted by Crippen LogP contribution is -2.31. The van der Waals surface area contributed by atoms with E-state index in [1.165, 1.54) is 0 Å². The van der Waals surface area contributed by atoms with Crippen LogP contribution in [0.3, 0.4) is 0 Å². The van der Waals surface area contributed by atoms with Gasteiger partial charge in [-0.1, -0.05) is 131 Å². The van der Waals surface area contributed by atoms with E-state index in [0.29, 0.717) is 33.8 Å². The number of para-hydroxylation sites is 3. The van der Waals surface area contributed by atoms with Gasteiger partial charge in [0.05, 0.1) is 30.1 Å². The van der Waals surface area contributed by atoms with Crippen LogP contribution in [-0.4, -0.2) is 14.1 Å². The van der Waals surface area contributed by atoms with E-state index < -0.39 is 60.4 Å². The molecule has 0 aliphatic carbocycles. The van der Waals surface area contributed by atoms with E-state index in [1.807, 2.05) is 110 Å². The van der Waals surface area contributed by atoms with E-state index in [-0.39, 0.29) is 39.3 Å². The number of hydrogen-bond donors (Lipinski definition) is 0. The summed E-state index contributed by atoms with van der Waals surface area (Å²) in [6.07, 6.45) is 3.65. The number of pyridine rings is 1. The zero-order valence-electron chi connectivity index (χ0n) is 47.5. The Kier molecular flexibility index (Phi) is 7.24. The third-order valence-corrected chi connectivity index (χ3v) is 12.6. The van der Waals surface area contributed by atoms with Gasteiger partial charge in [-0.15, -0.1) is 0 Å². The molecular weight excluding hydrogens is 821 g/mol. The lowest BCUT2D eigenvalue weighted by atomic mass is 9.88. The van der Waals surface area contributed by atoms with Crippen LogP contribution < -0.4 is 9.30 Å². The molecule has 0 saturated carbocycles. The summed E-state index contributed by atoms with van der Waals surface area (Å²) in [6.45, 7) is 10.4. The Balaban J connectivity index is 1.05. The van der Waals surface area contributed by atoms with E-state index in [4.69, 9.17) is 22.4 Å². The SMILES string of the molecule is [2H]c1c([2H])c([2H])c(-c2cc(C(C)C)cc(-c3c([2H])c([2H])c([2H])c([2H])c3[2H])c2-[n+]2cn(-c3cccc(Oc4ccc5c6c7oc8ccccc8c7ccc6n(-c6cc(C(C)(C)C)ccn6)c5c4)c3)c3ccccc32)c([2H])c1[2H]. The average molecular weight is 880 g/mol. The molecular formula is C61H49N4O2+. The van der Waals surface area contributed by atoms with Crippen LogP contribution in [0.2, 0.25) is 0 Å². The molecule has 0 N–H and O–H groups in total. The fraction of sp³-hybridized carbons (Fsp3) is 0.115. The van der Waals surface area contributed by atoms with Crippen LogP contribution in [0.15, 0.2) is 205 Å². The predicted molar refractivity (Wildman–Crippen MR) is 274 cm³/mol. The fourth-order valence-corrected chi connectivity index (χ4v) is 9.31. The largest absolute Gasteiger partial charge is 0.457 e. The van der Waals surface area contributed by atoms with Gasteiger partial charge in [0.2, 0.25) is 0 Å². The van der Waals surface area contributed by atoms with Gasteiger partial charge in [0.25, 0.3) is 6.33 Å². The second-order valence-electron chi connectivity index (χ2n) is 18.2. The standard InChI is InChI=1S/C61H49N4O2/c1-39(2)42-33-50(40-17-8-6-9-18-40)59(51(34-42)41-19-10-7-11-20-41)64-38-63(52-24-13-14-25-53(52)64)44-21-16-22-45(36-44)66-46-27-28-49-55(37-46)65(57-35-43(31-32-62-57)61(3,4)5)54-30-29-48-47-23-12-15-26-56(47)67-60(48)58(49)54/h6-39H,1-5H3/q+1/i6D,7D,8D,9D,10D,11D,17D,18D,19D,20D. The first-order valence-corrected chi connectivity index (χ1v) is 22.3. The Morgan fingerprint density at radius 2 is 1.34 bits per heavy atom. The molecule has 0 spiro atoms. The summed E-state index contributed by atoms with van der Waals surface area (Å²) in [6, 6.07) is 36.1. The minimum atomic E-state index is -0.559. The molecule has 0 bridgehead atoms. The van der Waals surface area contributed by atoms with Gasteiger partial charge in [0, 0.05) is 45.6 Å². The molecule has 0 radical (unpaired) electrons. The number of fused-ring (bicyclic) bond motifs is 8. The zero-order chi connectivity index (χ0) is 54.1. The highest BCUT2D eigenvalue weighted by Gasteiger charge is 2.27. The zero-order valence-corrected chi connectivity index (χ0v) is 37.5. The molecule has 0 atom stereocenters. The lowest BCUT2D eigenvalue weighted by Gasteiger charge is -2.20. The number of ether oxygens (including phenoxy) is 1. The second-order valence-corrected chi connectivity index (χ2v) is 18.2. The van der Waals surface area contributed by atoms with Crippen molar-refractivity contribution in [2.75, 3.05) is 0 Å². The van der Waals surface area contributed by atoms with Crippen molar-refractivity contribution >= 4 is 54.8 Å². The topological polar surface area (TPSA) is 49.0 Å². The van der Waals surface area contributed by atoms with Gasteiger partial charge in [0.1, 0.15) is 39.9 Å². The molecule has 4 heterocycles. The van der Waals surface area contributed by atoms with Gasteiger partial charge in [-0.2, -0.15) is 9.13 Å². The number of hydrogen-bond acceptors (Lipinski definition) is 3. The molecule has 12 rings (SSSR count). The highest BCUT2D eigenvalue weighted by Crippen LogP contribution is 2.43. The Labute approximate surface area is 403 Å². The summed E-state index contributed by atoms with van der Waals surface area (Å²) >= 11 is 0. The van der Waals surface area contributed by atoms with Crippen molar-refractivity contribution in [2.24, 2.45) is 0 Å². The monoisotopic (exact) mass is 879 g/mol. The molecule has 0 aliphatic rings. The van der Waals surface area contributed by atoms with Crippen LogP contribution in [0, 0.1) is 0 Å². The van der Waals surface area contributed by atoms with Gasteiger partial charge >= 0.3 is 0 Å². The molecule has 4 aromatic heterocycles. The Morgan fingerprint density at radius 3 is 2.09 bits per heavy atom. The third kappa shape index (κ3) is 6.87. The van der Waals surface area contributed by atoms with Crippen molar-refractivity contribution in [1.82, 2.24) is 14.1 Å². The Bertz CT molecular complexity index is 4320. The predicted octanol–water partition coefficient (Wildman–Crippen LogP) is 15.8. The number of nitrogens with zero attached hydrogens (tertiary/aromatic N) is 4. The van der Waals surface area contributed by atoms with Crippen molar-refractivity contribution in [2.45, 2.75) is 46.0 Å². The second kappa shape index (κ2) is 15.7. The molecule has 67 heavy (non-hydrogen) atoms. The van der Waals surface area contributed by atoms with Gasteiger partial charge in [-0.25, -0.2) is 4.98 Å². The first-order chi connectivity index (χ1) is 36.8. The highest BCUT2D eigenvalue weighted by molar-refractivity contribution is 6.24. The van der Waals surface area contributed by atoms with E-state index in [2.05, 4.69) is 55.7 Å². The lowest BCUT2D eigenvalue weighted by molar-refractivity contribution is -0.566. The molecule has 6 nitrogen and oxygen atoms in total. The van der Waals surface area contributed by atoms with Crippen LogP contribution in [-0.2, 0) is 5.41 Å². The van der Waals surface area contributed by atoms with Gasteiger partial charge in [-0.05, 0) is 112 Å². The summed E-state index contributed by atoms with van der Waals surface area (Å²) in [5, 5.41) is 3.97. The summed E-state index contributed by atoms with van der Waals surface area (Å²) in [4.78, 5) is 4.92. The normalized spacial score (nSPS) is 14.2. The summed E-state index contributed by atoms with van der Waals surface area (Å²) in [5.74, 6) is 1.64. The molecule has 0 aliphatic heterocycles. The van der Waals surface area contributed by atoms with Crippen LogP contribution in [0.1, 0.15) is 65.4 Å². The van der Waals surface area contributed by atoms with Crippen molar-refractivity contribution < 1.29 is 27.4 Å². The maximum absolute atomic E-state index is 9.23. The summed E-state index contributed by atoms with van der Waals surface area (Å²) in [5.41, 5.74) is 7.51. The molecule has 0 amide bonds. The van der Waals surface area contributed by atoms with Crippen LogP contribution in [0.5, 0.6) is 11.5 Å². The van der Waals surface area contributed by atoms with E-state index >= 15 is 0 Å². The molecule has 0 fully saturated rings. The number of rotatable bonds is 8. The molecule has 0 unspecified atom stereocenters. The fourth-order valence-electron chi connectivity index (χ4n) is 9.31. The van der Waals surface area contributed by atoms with Crippen molar-refractivity contribution in [1.29, 1.82) is 0 Å². The first-order valence-electron chi connectivity index (χ1n) is 27.3. The molecule has 324 valence electrons. The number of aromatic nitrogens is 4. The maximum Gasteiger partial charge on any atom is 0.255 e. The Hall–Kier alpha value is -8.22. The van der Waals surface area contributed by atoms with Crippen LogP contribution >= 0.6 is 0 Å².